The topological polar surface area (TPSA) is 55.5 Å². The lowest BCUT2D eigenvalue weighted by molar-refractivity contribution is -0.209. The summed E-state index contributed by atoms with van der Waals surface area (Å²) < 4.78 is 5.83. The van der Waals surface area contributed by atoms with E-state index < -0.39 is 5.79 Å². The van der Waals surface area contributed by atoms with Crippen LogP contribution in [0.3, 0.4) is 0 Å². The summed E-state index contributed by atoms with van der Waals surface area (Å²) in [4.78, 5) is 0. The van der Waals surface area contributed by atoms with Crippen LogP contribution in [0.25, 0.3) is 0 Å². The van der Waals surface area contributed by atoms with Gasteiger partial charge in [0, 0.05) is 12.8 Å². The van der Waals surface area contributed by atoms with Crippen LogP contribution in [-0.4, -0.2) is 24.0 Å². The molecule has 3 heteroatoms. The highest BCUT2D eigenvalue weighted by Crippen LogP contribution is 2.60. The van der Waals surface area contributed by atoms with Crippen LogP contribution in [0.2, 0.25) is 0 Å². The molecule has 33 heavy (non-hydrogen) atoms. The Balaban J connectivity index is 1.69. The normalized spacial score (nSPS) is 36.0. The van der Waals surface area contributed by atoms with E-state index in [2.05, 4.69) is 46.4 Å². The quantitative estimate of drug-likeness (QED) is 0.267. The number of ether oxygens (including phenoxy) is 1. The van der Waals surface area contributed by atoms with Crippen molar-refractivity contribution in [2.45, 2.75) is 111 Å². The van der Waals surface area contributed by atoms with Gasteiger partial charge in [0.15, 0.2) is 5.79 Å². The predicted molar refractivity (Wildman–Crippen MR) is 140 cm³/mol. The third-order valence-electron chi connectivity index (χ3n) is 9.12. The zero-order chi connectivity index (χ0) is 24.1. The van der Waals surface area contributed by atoms with E-state index in [1.165, 1.54) is 51.4 Å². The maximum atomic E-state index is 10.9. The first kappa shape index (κ1) is 26.7. The number of aliphatic hydroxyl groups is 1. The highest BCUT2D eigenvalue weighted by atomic mass is 16.6. The zero-order valence-corrected chi connectivity index (χ0v) is 22.0. The molecule has 0 aromatic rings. The molecule has 0 amide bonds. The Labute approximate surface area is 203 Å². The van der Waals surface area contributed by atoms with Crippen molar-refractivity contribution < 1.29 is 9.84 Å². The fraction of sp³-hybridized carbons (Fsp3) is 0.800. The number of hydrogen-bond acceptors (Lipinski definition) is 3. The molecular formula is C30H51NO2. The van der Waals surface area contributed by atoms with Crippen LogP contribution in [0.5, 0.6) is 0 Å². The first-order valence-electron chi connectivity index (χ1n) is 13.8. The second-order valence-corrected chi connectivity index (χ2v) is 12.0. The van der Waals surface area contributed by atoms with Gasteiger partial charge in [-0.15, -0.1) is 0 Å². The van der Waals surface area contributed by atoms with Crippen LogP contribution in [0, 0.1) is 29.1 Å². The van der Waals surface area contributed by atoms with Crippen LogP contribution in [0.15, 0.2) is 35.5 Å². The summed E-state index contributed by atoms with van der Waals surface area (Å²) in [7, 11) is 0. The summed E-state index contributed by atoms with van der Waals surface area (Å²) >= 11 is 0. The van der Waals surface area contributed by atoms with Gasteiger partial charge in [0.1, 0.15) is 0 Å². The molecule has 3 rings (SSSR count). The summed E-state index contributed by atoms with van der Waals surface area (Å²) in [5.74, 6) is 2.16. The molecule has 3 aliphatic rings. The van der Waals surface area contributed by atoms with Crippen LogP contribution in [0.1, 0.15) is 105 Å². The van der Waals surface area contributed by atoms with Gasteiger partial charge < -0.3 is 15.6 Å². The van der Waals surface area contributed by atoms with E-state index >= 15 is 0 Å². The van der Waals surface area contributed by atoms with Gasteiger partial charge >= 0.3 is 0 Å². The second kappa shape index (κ2) is 11.7. The van der Waals surface area contributed by atoms with Crippen molar-refractivity contribution in [2.75, 3.05) is 13.2 Å². The fourth-order valence-electron chi connectivity index (χ4n) is 7.13. The van der Waals surface area contributed by atoms with Crippen molar-refractivity contribution in [1.82, 2.24) is 0 Å². The first-order chi connectivity index (χ1) is 15.7. The van der Waals surface area contributed by atoms with Crippen LogP contribution in [0.4, 0.5) is 0 Å². The molecule has 3 fully saturated rings. The molecule has 0 radical (unpaired) electrons. The first-order valence-corrected chi connectivity index (χ1v) is 13.8. The average Bonchev–Trinajstić information content (AvgIpc) is 3.12. The maximum absolute atomic E-state index is 10.9. The number of rotatable bonds is 10. The van der Waals surface area contributed by atoms with Gasteiger partial charge in [0.05, 0.1) is 6.61 Å². The molecule has 3 aliphatic carbocycles. The molecule has 0 aromatic carbocycles. The number of hydrogen-bond donors (Lipinski definition) is 2. The molecule has 1 unspecified atom stereocenters. The Hall–Kier alpha value is -0.900. The molecule has 0 bridgehead atoms. The standard InChI is InChI=1S/C30H51NO2/c1-22(2)9-6-10-24(4)27-14-15-28-25(11-7-17-29(27,28)5)12-13-26-21-30(32,18-16-23(26)3)33-20-8-19-31/h12-13,22,24,27-28,32H,3,6-11,14-21,31H2,1-2,4-5H3/b25-12?,26-13-/t24-,27-,28?,29-,30-/m1/s1. The molecule has 3 nitrogen and oxygen atoms in total. The van der Waals surface area contributed by atoms with Crippen LogP contribution in [-0.2, 0) is 4.74 Å². The van der Waals surface area contributed by atoms with Crippen LogP contribution >= 0.6 is 0 Å². The van der Waals surface area contributed by atoms with Crippen molar-refractivity contribution in [1.29, 1.82) is 0 Å². The summed E-state index contributed by atoms with van der Waals surface area (Å²) in [6.45, 7) is 15.2. The van der Waals surface area contributed by atoms with Crippen molar-refractivity contribution in [2.24, 2.45) is 34.8 Å². The lowest BCUT2D eigenvalue weighted by Crippen LogP contribution is -2.37. The molecule has 0 saturated heterocycles. The van der Waals surface area contributed by atoms with Gasteiger partial charge in [-0.1, -0.05) is 76.8 Å². The Morgan fingerprint density at radius 1 is 1.12 bits per heavy atom. The monoisotopic (exact) mass is 457 g/mol. The maximum Gasteiger partial charge on any atom is 0.169 e. The lowest BCUT2D eigenvalue weighted by Gasteiger charge is -2.44. The Bertz CT molecular complexity index is 723. The van der Waals surface area contributed by atoms with E-state index in [0.717, 1.165) is 47.7 Å². The molecule has 5 atom stereocenters. The summed E-state index contributed by atoms with van der Waals surface area (Å²) in [6.07, 6.45) is 18.2. The predicted octanol–water partition coefficient (Wildman–Crippen LogP) is 7.31. The van der Waals surface area contributed by atoms with Crippen LogP contribution < -0.4 is 5.73 Å². The lowest BCUT2D eigenvalue weighted by atomic mass is 9.60. The number of allylic oxidation sites excluding steroid dienone is 4. The van der Waals surface area contributed by atoms with E-state index in [-0.39, 0.29) is 0 Å². The molecule has 0 heterocycles. The third-order valence-corrected chi connectivity index (χ3v) is 9.12. The summed E-state index contributed by atoms with van der Waals surface area (Å²) in [6, 6.07) is 0. The molecule has 3 saturated carbocycles. The number of fused-ring (bicyclic) bond motifs is 1. The highest BCUT2D eigenvalue weighted by molar-refractivity contribution is 5.37. The molecular weight excluding hydrogens is 406 g/mol. The third kappa shape index (κ3) is 6.61. The molecule has 188 valence electrons. The van der Waals surface area contributed by atoms with Gasteiger partial charge in [-0.25, -0.2) is 0 Å². The van der Waals surface area contributed by atoms with Crippen molar-refractivity contribution in [3.63, 3.8) is 0 Å². The van der Waals surface area contributed by atoms with Gasteiger partial charge in [0.25, 0.3) is 0 Å². The molecule has 0 aliphatic heterocycles. The second-order valence-electron chi connectivity index (χ2n) is 12.0. The van der Waals surface area contributed by atoms with Gasteiger partial charge in [-0.3, -0.25) is 0 Å². The fourth-order valence-corrected chi connectivity index (χ4v) is 7.13. The minimum atomic E-state index is -1.06. The van der Waals surface area contributed by atoms with Gasteiger partial charge in [-0.2, -0.15) is 0 Å². The van der Waals surface area contributed by atoms with E-state index in [1.807, 2.05) is 0 Å². The molecule has 0 spiro atoms. The summed E-state index contributed by atoms with van der Waals surface area (Å²) in [5.41, 5.74) is 9.99. The minimum Gasteiger partial charge on any atom is -0.365 e. The van der Waals surface area contributed by atoms with Gasteiger partial charge in [0.2, 0.25) is 0 Å². The van der Waals surface area contributed by atoms with E-state index in [1.54, 1.807) is 5.57 Å². The highest BCUT2D eigenvalue weighted by Gasteiger charge is 2.50. The number of nitrogens with two attached hydrogens (primary N) is 1. The smallest absolute Gasteiger partial charge is 0.169 e. The van der Waals surface area contributed by atoms with Crippen molar-refractivity contribution in [3.05, 3.63) is 35.5 Å². The Morgan fingerprint density at radius 3 is 2.64 bits per heavy atom. The van der Waals surface area contributed by atoms with Gasteiger partial charge in [-0.05, 0) is 86.2 Å². The zero-order valence-electron chi connectivity index (χ0n) is 22.0. The van der Waals surface area contributed by atoms with Crippen molar-refractivity contribution in [3.8, 4) is 0 Å². The molecule has 3 N–H and O–H groups in total. The van der Waals surface area contributed by atoms with Crippen molar-refractivity contribution >= 4 is 0 Å². The SMILES string of the molecule is C=C1CC[C@@](O)(OCCCN)C/C1=C/C=C1CCC[C@@]2(C)C1CC[C@@H]2[C@H](C)CCCC(C)C. The van der Waals surface area contributed by atoms with E-state index in [4.69, 9.17) is 10.5 Å². The molecule has 0 aromatic heterocycles. The average molecular weight is 458 g/mol. The summed E-state index contributed by atoms with van der Waals surface area (Å²) in [5, 5.41) is 10.9. The van der Waals surface area contributed by atoms with E-state index in [0.29, 0.717) is 31.4 Å². The van der Waals surface area contributed by atoms with E-state index in [9.17, 15) is 5.11 Å². The Morgan fingerprint density at radius 2 is 1.91 bits per heavy atom. The Kier molecular flexibility index (Phi) is 9.46. The minimum absolute atomic E-state index is 0.454. The largest absolute Gasteiger partial charge is 0.365 e.